The van der Waals surface area contributed by atoms with Crippen molar-refractivity contribution in [3.63, 3.8) is 0 Å². The van der Waals surface area contributed by atoms with Crippen molar-refractivity contribution >= 4 is 65.6 Å². The van der Waals surface area contributed by atoms with Gasteiger partial charge in [-0.05, 0) is 36.8 Å². The predicted molar refractivity (Wildman–Crippen MR) is 110 cm³/mol. The lowest BCUT2D eigenvalue weighted by Crippen LogP contribution is -2.58. The Balaban J connectivity index is 2.43. The van der Waals surface area contributed by atoms with Crippen molar-refractivity contribution in [1.82, 2.24) is 0 Å². The van der Waals surface area contributed by atoms with Crippen molar-refractivity contribution in [2.45, 2.75) is 52.4 Å². The molecule has 1 aliphatic rings. The van der Waals surface area contributed by atoms with E-state index in [2.05, 4.69) is 75.2 Å². The fraction of sp³-hybridized carbons (Fsp3) is 0.500. The molecule has 0 saturated carbocycles. The topological polar surface area (TPSA) is 0 Å². The summed E-state index contributed by atoms with van der Waals surface area (Å²) in [6.07, 6.45) is 0. The molecule has 1 aliphatic heterocycles. The average molecular weight is 367 g/mol. The lowest BCUT2D eigenvalue weighted by molar-refractivity contribution is 1.77. The van der Waals surface area contributed by atoms with E-state index in [1.807, 2.05) is 21.0 Å². The highest BCUT2D eigenvalue weighted by atomic mass is 32.1. The Hall–Kier alpha value is 0.0506. The van der Waals surface area contributed by atoms with Crippen LogP contribution in [-0.2, 0) is 0 Å². The lowest BCUT2D eigenvalue weighted by atomic mass is 10.2. The molecule has 5 heteroatoms. The van der Waals surface area contributed by atoms with Gasteiger partial charge in [-0.2, -0.15) is 22.7 Å². The molecular formula is C16H26S2Si3. The fourth-order valence-corrected chi connectivity index (χ4v) is 17.5. The average Bonchev–Trinajstić information content (AvgIpc) is 2.93. The molecule has 0 amide bonds. The van der Waals surface area contributed by atoms with Crippen LogP contribution in [0.5, 0.6) is 0 Å². The molecule has 0 spiro atoms. The SMILES string of the molecule is C[Si](C)(C)c1sc([Si](C)(C)C)c2c1-c1ccsc1[Si]2(C)C. The van der Waals surface area contributed by atoms with Gasteiger partial charge in [0.05, 0.1) is 16.1 Å². The van der Waals surface area contributed by atoms with Gasteiger partial charge in [-0.3, -0.25) is 0 Å². The Morgan fingerprint density at radius 3 is 2.00 bits per heavy atom. The highest BCUT2D eigenvalue weighted by molar-refractivity contribution is 7.41. The van der Waals surface area contributed by atoms with Crippen LogP contribution in [0.15, 0.2) is 11.4 Å². The molecular weight excluding hydrogens is 341 g/mol. The third-order valence-corrected chi connectivity index (χ3v) is 18.9. The van der Waals surface area contributed by atoms with Crippen LogP contribution < -0.4 is 18.7 Å². The largest absolute Gasteiger partial charge is 0.154 e. The van der Waals surface area contributed by atoms with Crippen LogP contribution in [0.4, 0.5) is 0 Å². The molecule has 2 aromatic heterocycles. The van der Waals surface area contributed by atoms with Gasteiger partial charge in [-0.25, -0.2) is 0 Å². The van der Waals surface area contributed by atoms with Crippen molar-refractivity contribution in [2.24, 2.45) is 0 Å². The molecule has 0 unspecified atom stereocenters. The Morgan fingerprint density at radius 2 is 1.48 bits per heavy atom. The van der Waals surface area contributed by atoms with Gasteiger partial charge in [0.15, 0.2) is 0 Å². The number of rotatable bonds is 2. The summed E-state index contributed by atoms with van der Waals surface area (Å²) < 4.78 is 5.32. The van der Waals surface area contributed by atoms with Crippen LogP contribution >= 0.6 is 22.7 Å². The number of thiophene rings is 2. The Bertz CT molecular complexity index is 709. The highest BCUT2D eigenvalue weighted by Crippen LogP contribution is 2.33. The Morgan fingerprint density at radius 1 is 0.905 bits per heavy atom. The monoisotopic (exact) mass is 366 g/mol. The molecule has 0 atom stereocenters. The summed E-state index contributed by atoms with van der Waals surface area (Å²) >= 11 is 4.22. The quantitative estimate of drug-likeness (QED) is 0.711. The first-order chi connectivity index (χ1) is 9.45. The Kier molecular flexibility index (Phi) is 3.44. The second-order valence-corrected chi connectivity index (χ2v) is 26.1. The van der Waals surface area contributed by atoms with Crippen molar-refractivity contribution in [3.05, 3.63) is 11.4 Å². The van der Waals surface area contributed by atoms with Crippen LogP contribution in [0.2, 0.25) is 52.4 Å². The van der Waals surface area contributed by atoms with E-state index in [0.29, 0.717) is 0 Å². The van der Waals surface area contributed by atoms with E-state index in [1.165, 1.54) is 0 Å². The van der Waals surface area contributed by atoms with E-state index >= 15 is 0 Å². The molecule has 0 aromatic carbocycles. The summed E-state index contributed by atoms with van der Waals surface area (Å²) in [5, 5.41) is 4.16. The maximum atomic E-state index is 2.58. The van der Waals surface area contributed by atoms with Gasteiger partial charge >= 0.3 is 0 Å². The molecule has 0 radical (unpaired) electrons. The van der Waals surface area contributed by atoms with Crippen molar-refractivity contribution in [2.75, 3.05) is 0 Å². The predicted octanol–water partition coefficient (Wildman–Crippen LogP) is 3.70. The first-order valence-corrected chi connectivity index (χ1v) is 19.4. The lowest BCUT2D eigenvalue weighted by Gasteiger charge is -2.24. The molecule has 0 N–H and O–H groups in total. The third kappa shape index (κ3) is 2.24. The third-order valence-electron chi connectivity index (χ3n) is 4.40. The van der Waals surface area contributed by atoms with Gasteiger partial charge in [0, 0.05) is 4.50 Å². The summed E-state index contributed by atoms with van der Waals surface area (Å²) in [5.74, 6) is 0. The molecule has 0 bridgehead atoms. The van der Waals surface area contributed by atoms with Crippen LogP contribution in [0.3, 0.4) is 0 Å². The smallest absolute Gasteiger partial charge is 0.127 e. The van der Waals surface area contributed by atoms with Crippen molar-refractivity contribution in [1.29, 1.82) is 0 Å². The second kappa shape index (κ2) is 4.54. The molecule has 3 heterocycles. The van der Waals surface area contributed by atoms with Crippen molar-refractivity contribution < 1.29 is 0 Å². The van der Waals surface area contributed by atoms with E-state index in [0.717, 1.165) is 0 Å². The van der Waals surface area contributed by atoms with E-state index < -0.39 is 24.2 Å². The van der Waals surface area contributed by atoms with Crippen LogP contribution in [-0.4, -0.2) is 24.2 Å². The van der Waals surface area contributed by atoms with Gasteiger partial charge in [0.2, 0.25) is 0 Å². The summed E-state index contributed by atoms with van der Waals surface area (Å²) in [5.41, 5.74) is 3.33. The molecule has 0 saturated heterocycles. The molecule has 21 heavy (non-hydrogen) atoms. The van der Waals surface area contributed by atoms with Crippen LogP contribution in [0.25, 0.3) is 11.1 Å². The summed E-state index contributed by atoms with van der Waals surface area (Å²) in [4.78, 5) is 0. The minimum atomic E-state index is -1.46. The molecule has 3 rings (SSSR count). The van der Waals surface area contributed by atoms with E-state index in [1.54, 1.807) is 20.1 Å². The Labute approximate surface area is 140 Å². The number of hydrogen-bond acceptors (Lipinski definition) is 2. The van der Waals surface area contributed by atoms with Gasteiger partial charge < -0.3 is 0 Å². The fourth-order valence-electron chi connectivity index (χ4n) is 3.44. The zero-order valence-electron chi connectivity index (χ0n) is 14.5. The first kappa shape index (κ1) is 15.9. The number of hydrogen-bond donors (Lipinski definition) is 0. The van der Waals surface area contributed by atoms with Crippen molar-refractivity contribution in [3.8, 4) is 11.1 Å². The standard InChI is InChI=1S/C16H26S2Si3/c1-19(2,3)15-12-11-9-10-17-14(11)21(7,8)13(12)16(18-15)20(4,5)6/h9-10H,1-8H3. The normalized spacial score (nSPS) is 17.0. The van der Waals surface area contributed by atoms with E-state index in [9.17, 15) is 0 Å². The minimum absolute atomic E-state index is 1.27. The van der Waals surface area contributed by atoms with Gasteiger partial charge in [0.1, 0.15) is 8.07 Å². The van der Waals surface area contributed by atoms with Crippen LogP contribution in [0, 0.1) is 0 Å². The highest BCUT2D eigenvalue weighted by Gasteiger charge is 2.46. The maximum Gasteiger partial charge on any atom is 0.127 e. The zero-order valence-corrected chi connectivity index (χ0v) is 19.1. The molecule has 0 fully saturated rings. The molecule has 114 valence electrons. The molecule has 2 aromatic rings. The van der Waals surface area contributed by atoms with Gasteiger partial charge in [-0.1, -0.05) is 52.4 Å². The minimum Gasteiger partial charge on any atom is -0.154 e. The molecule has 0 nitrogen and oxygen atoms in total. The zero-order chi connectivity index (χ0) is 15.8. The summed E-state index contributed by atoms with van der Waals surface area (Å²) in [6, 6.07) is 2.41. The maximum absolute atomic E-state index is 2.58. The molecule has 0 aliphatic carbocycles. The summed E-state index contributed by atoms with van der Waals surface area (Å²) in [6.45, 7) is 20.3. The van der Waals surface area contributed by atoms with Crippen LogP contribution in [0.1, 0.15) is 0 Å². The summed E-state index contributed by atoms with van der Waals surface area (Å²) in [7, 11) is -4.01. The van der Waals surface area contributed by atoms with Gasteiger partial charge in [-0.15, -0.1) is 0 Å². The van der Waals surface area contributed by atoms with Gasteiger partial charge in [0.25, 0.3) is 0 Å². The second-order valence-electron chi connectivity index (χ2n) is 8.80. The van der Waals surface area contributed by atoms with E-state index in [4.69, 9.17) is 0 Å². The van der Waals surface area contributed by atoms with E-state index in [-0.39, 0.29) is 0 Å². The number of fused-ring (bicyclic) bond motifs is 3. The first-order valence-electron chi connectivity index (χ1n) is 7.72.